The molecule has 3 rings (SSSR count). The van der Waals surface area contributed by atoms with Gasteiger partial charge in [0.2, 0.25) is 5.13 Å². The number of β-amino-alcohol motifs (C(OH)–C–C–N with tert-alkyl or cyclic N) is 1. The molecular formula is C15H19N5O2S. The molecule has 1 atom stereocenters. The van der Waals surface area contributed by atoms with E-state index in [0.717, 1.165) is 18.7 Å². The molecule has 0 radical (unpaired) electrons. The molecule has 0 bridgehead atoms. The Hall–Kier alpha value is -2.03. The van der Waals surface area contributed by atoms with Crippen molar-refractivity contribution in [1.82, 2.24) is 20.0 Å². The summed E-state index contributed by atoms with van der Waals surface area (Å²) in [7, 11) is 0. The Morgan fingerprint density at radius 2 is 2.00 bits per heavy atom. The molecule has 7 nitrogen and oxygen atoms in total. The maximum absolute atomic E-state index is 12.1. The molecule has 2 aromatic rings. The number of amides is 2. The maximum atomic E-state index is 12.1. The first kappa shape index (κ1) is 15.9. The average Bonchev–Trinajstić information content (AvgIpc) is 3.09. The van der Waals surface area contributed by atoms with Crippen LogP contribution >= 0.6 is 11.3 Å². The van der Waals surface area contributed by atoms with E-state index < -0.39 is 6.10 Å². The zero-order valence-corrected chi connectivity index (χ0v) is 13.4. The quantitative estimate of drug-likeness (QED) is 0.884. The molecule has 0 spiro atoms. The normalized spacial score (nSPS) is 17.0. The van der Waals surface area contributed by atoms with Crippen molar-refractivity contribution in [2.45, 2.75) is 6.10 Å². The molecule has 1 aliphatic rings. The Balaban J connectivity index is 1.46. The molecule has 0 aliphatic carbocycles. The van der Waals surface area contributed by atoms with Crippen LogP contribution in [0.25, 0.3) is 0 Å². The lowest BCUT2D eigenvalue weighted by molar-refractivity contribution is 0.0831. The summed E-state index contributed by atoms with van der Waals surface area (Å²) < 4.78 is 0. The number of aliphatic hydroxyl groups is 1. The number of benzene rings is 1. The van der Waals surface area contributed by atoms with Gasteiger partial charge in [-0.2, -0.15) is 0 Å². The molecule has 122 valence electrons. The number of aromatic nitrogens is 2. The van der Waals surface area contributed by atoms with Crippen molar-refractivity contribution in [2.75, 3.05) is 38.0 Å². The van der Waals surface area contributed by atoms with Gasteiger partial charge in [0.1, 0.15) is 5.51 Å². The van der Waals surface area contributed by atoms with Crippen LogP contribution < -0.4 is 5.32 Å². The van der Waals surface area contributed by atoms with E-state index in [1.807, 2.05) is 30.3 Å². The van der Waals surface area contributed by atoms with Gasteiger partial charge in [-0.15, -0.1) is 10.2 Å². The summed E-state index contributed by atoms with van der Waals surface area (Å²) in [5.41, 5.74) is 2.50. The van der Waals surface area contributed by atoms with E-state index in [9.17, 15) is 9.90 Å². The van der Waals surface area contributed by atoms with Crippen molar-refractivity contribution >= 4 is 22.5 Å². The highest BCUT2D eigenvalue weighted by Crippen LogP contribution is 2.15. The lowest BCUT2D eigenvalue weighted by Gasteiger charge is -2.35. The van der Waals surface area contributed by atoms with Gasteiger partial charge in [0.15, 0.2) is 0 Å². The second-order valence-electron chi connectivity index (χ2n) is 5.39. The molecular weight excluding hydrogens is 314 g/mol. The van der Waals surface area contributed by atoms with E-state index in [-0.39, 0.29) is 6.03 Å². The number of hydrogen-bond donors (Lipinski definition) is 2. The molecule has 0 saturated carbocycles. The fourth-order valence-corrected chi connectivity index (χ4v) is 2.99. The topological polar surface area (TPSA) is 81.6 Å². The average molecular weight is 333 g/mol. The van der Waals surface area contributed by atoms with Gasteiger partial charge < -0.3 is 10.0 Å². The molecule has 8 heteroatoms. The molecule has 1 aromatic carbocycles. The standard InChI is InChI=1S/C15H19N5O2S/c21-13(12-4-2-1-3-5-12)10-19-6-8-20(9-7-19)15(22)17-14-18-16-11-23-14/h1-5,11,13,21H,6-10H2,(H,17,18,22)/t13-/m1/s1. The molecule has 2 N–H and O–H groups in total. The number of carbonyl (C=O) groups is 1. The summed E-state index contributed by atoms with van der Waals surface area (Å²) in [6, 6.07) is 9.49. The number of hydrogen-bond acceptors (Lipinski definition) is 6. The Kier molecular flexibility index (Phi) is 5.16. The fraction of sp³-hybridized carbons (Fsp3) is 0.400. The van der Waals surface area contributed by atoms with E-state index >= 15 is 0 Å². The van der Waals surface area contributed by atoms with Crippen molar-refractivity contribution < 1.29 is 9.90 Å². The van der Waals surface area contributed by atoms with Crippen LogP contribution in [-0.2, 0) is 0 Å². The number of aliphatic hydroxyl groups excluding tert-OH is 1. The lowest BCUT2D eigenvalue weighted by Crippen LogP contribution is -2.50. The van der Waals surface area contributed by atoms with Gasteiger partial charge in [0.25, 0.3) is 0 Å². The highest BCUT2D eigenvalue weighted by atomic mass is 32.1. The number of nitrogens with zero attached hydrogens (tertiary/aromatic N) is 4. The Morgan fingerprint density at radius 3 is 2.65 bits per heavy atom. The Morgan fingerprint density at radius 1 is 1.26 bits per heavy atom. The largest absolute Gasteiger partial charge is 0.387 e. The minimum absolute atomic E-state index is 0.148. The Labute approximate surface area is 138 Å². The summed E-state index contributed by atoms with van der Waals surface area (Å²) in [5, 5.41) is 21.0. The van der Waals surface area contributed by atoms with Crippen LogP contribution in [0.3, 0.4) is 0 Å². The second kappa shape index (κ2) is 7.49. The predicted molar refractivity (Wildman–Crippen MR) is 88.3 cm³/mol. The highest BCUT2D eigenvalue weighted by Gasteiger charge is 2.23. The summed E-state index contributed by atoms with van der Waals surface area (Å²) in [5.74, 6) is 0. The Bertz CT molecular complexity index is 614. The van der Waals surface area contributed by atoms with Crippen molar-refractivity contribution in [3.05, 3.63) is 41.4 Å². The van der Waals surface area contributed by atoms with Crippen LogP contribution in [-0.4, -0.2) is 63.9 Å². The van der Waals surface area contributed by atoms with Gasteiger partial charge >= 0.3 is 6.03 Å². The van der Waals surface area contributed by atoms with Gasteiger partial charge in [-0.25, -0.2) is 4.79 Å². The number of nitrogens with one attached hydrogen (secondary N) is 1. The molecule has 0 unspecified atom stereocenters. The lowest BCUT2D eigenvalue weighted by atomic mass is 10.1. The molecule has 2 amide bonds. The van der Waals surface area contributed by atoms with Gasteiger partial charge in [-0.1, -0.05) is 41.7 Å². The van der Waals surface area contributed by atoms with Gasteiger partial charge in [0.05, 0.1) is 6.10 Å². The molecule has 1 saturated heterocycles. The molecule has 23 heavy (non-hydrogen) atoms. The number of anilines is 1. The predicted octanol–water partition coefficient (Wildman–Crippen LogP) is 1.42. The van der Waals surface area contributed by atoms with Crippen LogP contribution in [0.15, 0.2) is 35.8 Å². The zero-order valence-electron chi connectivity index (χ0n) is 12.6. The molecule has 1 fully saturated rings. The number of piperazine rings is 1. The van der Waals surface area contributed by atoms with Crippen molar-refractivity contribution in [2.24, 2.45) is 0 Å². The first-order valence-electron chi connectivity index (χ1n) is 7.50. The first-order valence-corrected chi connectivity index (χ1v) is 8.38. The monoisotopic (exact) mass is 333 g/mol. The minimum atomic E-state index is -0.502. The maximum Gasteiger partial charge on any atom is 0.323 e. The van der Waals surface area contributed by atoms with Crippen molar-refractivity contribution in [1.29, 1.82) is 0 Å². The third-order valence-corrected chi connectivity index (χ3v) is 4.46. The fourth-order valence-electron chi connectivity index (χ4n) is 2.56. The smallest absolute Gasteiger partial charge is 0.323 e. The van der Waals surface area contributed by atoms with Gasteiger partial charge in [-0.3, -0.25) is 10.2 Å². The summed E-state index contributed by atoms with van der Waals surface area (Å²) >= 11 is 1.30. The van der Waals surface area contributed by atoms with E-state index in [1.54, 1.807) is 10.4 Å². The molecule has 1 aliphatic heterocycles. The third-order valence-electron chi connectivity index (χ3n) is 3.85. The van der Waals surface area contributed by atoms with Crippen LogP contribution in [0, 0.1) is 0 Å². The van der Waals surface area contributed by atoms with Crippen LogP contribution in [0.2, 0.25) is 0 Å². The number of rotatable bonds is 4. The molecule has 2 heterocycles. The van der Waals surface area contributed by atoms with Gasteiger partial charge in [-0.05, 0) is 5.56 Å². The summed E-state index contributed by atoms with van der Waals surface area (Å²) in [6.45, 7) is 3.33. The van der Waals surface area contributed by atoms with E-state index in [1.165, 1.54) is 11.3 Å². The number of urea groups is 1. The van der Waals surface area contributed by atoms with E-state index in [2.05, 4.69) is 20.4 Å². The summed E-state index contributed by atoms with van der Waals surface area (Å²) in [4.78, 5) is 16.0. The molecule has 1 aromatic heterocycles. The first-order chi connectivity index (χ1) is 11.2. The highest BCUT2D eigenvalue weighted by molar-refractivity contribution is 7.13. The number of carbonyl (C=O) groups excluding carboxylic acids is 1. The third kappa shape index (κ3) is 4.25. The van der Waals surface area contributed by atoms with Crippen LogP contribution in [0.4, 0.5) is 9.93 Å². The summed E-state index contributed by atoms with van der Waals surface area (Å²) in [6.07, 6.45) is -0.502. The van der Waals surface area contributed by atoms with E-state index in [4.69, 9.17) is 0 Å². The van der Waals surface area contributed by atoms with Crippen LogP contribution in [0.1, 0.15) is 11.7 Å². The zero-order chi connectivity index (χ0) is 16.1. The minimum Gasteiger partial charge on any atom is -0.387 e. The van der Waals surface area contributed by atoms with Crippen molar-refractivity contribution in [3.8, 4) is 0 Å². The van der Waals surface area contributed by atoms with Crippen LogP contribution in [0.5, 0.6) is 0 Å². The van der Waals surface area contributed by atoms with Gasteiger partial charge in [0, 0.05) is 32.7 Å². The van der Waals surface area contributed by atoms with Crippen molar-refractivity contribution in [3.63, 3.8) is 0 Å². The SMILES string of the molecule is O=C(Nc1nncs1)N1CCN(C[C@@H](O)c2ccccc2)CC1. The second-order valence-corrected chi connectivity index (χ2v) is 6.22. The van der Waals surface area contributed by atoms with E-state index in [0.29, 0.717) is 24.8 Å².